The van der Waals surface area contributed by atoms with E-state index in [4.69, 9.17) is 24.1 Å². The Balaban J connectivity index is 2.59. The monoisotopic (exact) mass is 266 g/mol. The second-order valence-corrected chi connectivity index (χ2v) is 3.87. The Labute approximate surface area is 104 Å². The number of hydrogen-bond donors (Lipinski definition) is 3. The van der Waals surface area contributed by atoms with Gasteiger partial charge in [-0.2, -0.15) is 0 Å². The summed E-state index contributed by atoms with van der Waals surface area (Å²) in [6.07, 6.45) is -4.99. The molecule has 0 aromatic rings. The van der Waals surface area contributed by atoms with Crippen LogP contribution in [0.3, 0.4) is 0 Å². The number of ether oxygens (including phenoxy) is 4. The zero-order chi connectivity index (χ0) is 13.7. The third-order valence-corrected chi connectivity index (χ3v) is 2.65. The molecular weight excluding hydrogens is 248 g/mol. The normalized spacial score (nSPS) is 36.6. The molecule has 0 aromatic carbocycles. The van der Waals surface area contributed by atoms with E-state index < -0.39 is 43.3 Å². The van der Waals surface area contributed by atoms with E-state index in [1.807, 2.05) is 0 Å². The van der Waals surface area contributed by atoms with E-state index in [-0.39, 0.29) is 6.61 Å². The molecule has 1 fully saturated rings. The molecule has 0 saturated carbocycles. The molecule has 0 spiro atoms. The van der Waals surface area contributed by atoms with Crippen molar-refractivity contribution in [3.8, 4) is 0 Å². The van der Waals surface area contributed by atoms with Crippen molar-refractivity contribution in [2.45, 2.75) is 30.7 Å². The van der Waals surface area contributed by atoms with Crippen molar-refractivity contribution in [1.82, 2.24) is 0 Å². The third kappa shape index (κ3) is 3.61. The van der Waals surface area contributed by atoms with Crippen molar-refractivity contribution in [2.75, 3.05) is 27.4 Å². The van der Waals surface area contributed by atoms with Crippen molar-refractivity contribution < 1.29 is 39.1 Å². The number of aliphatic carboxylic acids is 1. The average Bonchev–Trinajstić information content (AvgIpc) is 2.33. The van der Waals surface area contributed by atoms with Crippen molar-refractivity contribution in [3.05, 3.63) is 0 Å². The van der Waals surface area contributed by atoms with Gasteiger partial charge in [0, 0.05) is 14.2 Å². The predicted octanol–water partition coefficient (Wildman–Crippen LogP) is -1.80. The van der Waals surface area contributed by atoms with Crippen molar-refractivity contribution >= 4 is 5.97 Å². The number of carboxylic acids is 1. The first kappa shape index (κ1) is 15.3. The number of rotatable bonds is 6. The highest BCUT2D eigenvalue weighted by Crippen LogP contribution is 2.23. The molecule has 1 saturated heterocycles. The molecule has 1 aliphatic rings. The second kappa shape index (κ2) is 6.98. The molecule has 8 nitrogen and oxygen atoms in total. The Morgan fingerprint density at radius 2 is 1.89 bits per heavy atom. The van der Waals surface area contributed by atoms with Gasteiger partial charge in [0.25, 0.3) is 0 Å². The van der Waals surface area contributed by atoms with E-state index in [1.54, 1.807) is 0 Å². The zero-order valence-corrected chi connectivity index (χ0v) is 10.2. The molecule has 1 aliphatic heterocycles. The smallest absolute Gasteiger partial charge is 0.329 e. The highest BCUT2D eigenvalue weighted by Gasteiger charge is 2.45. The largest absolute Gasteiger partial charge is 0.480 e. The SMILES string of the molecule is CO[C@H]1OC(COCC(=O)O)[C@@H](OC)[C@@H](O)C1O. The van der Waals surface area contributed by atoms with Gasteiger partial charge in [0.1, 0.15) is 31.0 Å². The highest BCUT2D eigenvalue weighted by molar-refractivity contribution is 5.67. The first-order valence-electron chi connectivity index (χ1n) is 5.38. The summed E-state index contributed by atoms with van der Waals surface area (Å²) >= 11 is 0. The van der Waals surface area contributed by atoms with Crippen LogP contribution in [0.25, 0.3) is 0 Å². The molecule has 1 rings (SSSR count). The molecule has 1 heterocycles. The summed E-state index contributed by atoms with van der Waals surface area (Å²) < 4.78 is 20.1. The molecule has 0 aliphatic carbocycles. The molecule has 0 radical (unpaired) electrons. The molecule has 18 heavy (non-hydrogen) atoms. The third-order valence-electron chi connectivity index (χ3n) is 2.65. The quantitative estimate of drug-likeness (QED) is 0.515. The number of carbonyl (C=O) groups is 1. The summed E-state index contributed by atoms with van der Waals surface area (Å²) in [5.74, 6) is -1.11. The van der Waals surface area contributed by atoms with Crippen LogP contribution in [0.1, 0.15) is 0 Å². The number of hydrogen-bond acceptors (Lipinski definition) is 7. The molecule has 0 amide bonds. The summed E-state index contributed by atoms with van der Waals surface area (Å²) in [4.78, 5) is 10.3. The molecule has 0 aromatic heterocycles. The summed E-state index contributed by atoms with van der Waals surface area (Å²) in [5, 5.41) is 27.9. The lowest BCUT2D eigenvalue weighted by atomic mass is 9.99. The van der Waals surface area contributed by atoms with Crippen molar-refractivity contribution in [3.63, 3.8) is 0 Å². The van der Waals surface area contributed by atoms with Gasteiger partial charge in [0.15, 0.2) is 6.29 Å². The number of methoxy groups -OCH3 is 2. The fourth-order valence-corrected chi connectivity index (χ4v) is 1.79. The zero-order valence-electron chi connectivity index (χ0n) is 10.2. The predicted molar refractivity (Wildman–Crippen MR) is 56.9 cm³/mol. The molecular formula is C10H18O8. The Hall–Kier alpha value is -0.770. The lowest BCUT2D eigenvalue weighted by Gasteiger charge is -2.41. The van der Waals surface area contributed by atoms with Crippen LogP contribution in [-0.4, -0.2) is 79.4 Å². The lowest BCUT2D eigenvalue weighted by Crippen LogP contribution is -2.59. The minimum atomic E-state index is -1.24. The molecule has 5 atom stereocenters. The number of aliphatic hydroxyl groups is 2. The van der Waals surface area contributed by atoms with E-state index in [9.17, 15) is 15.0 Å². The fourth-order valence-electron chi connectivity index (χ4n) is 1.79. The van der Waals surface area contributed by atoms with Gasteiger partial charge in [-0.1, -0.05) is 0 Å². The van der Waals surface area contributed by atoms with Gasteiger partial charge in [-0.3, -0.25) is 0 Å². The Bertz CT molecular complexity index is 271. The van der Waals surface area contributed by atoms with Crippen LogP contribution in [0.4, 0.5) is 0 Å². The van der Waals surface area contributed by atoms with Gasteiger partial charge in [-0.25, -0.2) is 4.79 Å². The van der Waals surface area contributed by atoms with Crippen molar-refractivity contribution in [1.29, 1.82) is 0 Å². The van der Waals surface area contributed by atoms with Crippen LogP contribution in [0.15, 0.2) is 0 Å². The molecule has 0 bridgehead atoms. The molecule has 3 N–H and O–H groups in total. The first-order chi connectivity index (χ1) is 8.51. The first-order valence-corrected chi connectivity index (χ1v) is 5.38. The summed E-state index contributed by atoms with van der Waals surface area (Å²) in [7, 11) is 2.67. The van der Waals surface area contributed by atoms with E-state index in [0.29, 0.717) is 0 Å². The van der Waals surface area contributed by atoms with Crippen LogP contribution in [0.2, 0.25) is 0 Å². The Kier molecular flexibility index (Phi) is 5.93. The lowest BCUT2D eigenvalue weighted by molar-refractivity contribution is -0.299. The number of carboxylic acid groups (broad SMARTS) is 1. The molecule has 8 heteroatoms. The topological polar surface area (TPSA) is 115 Å². The maximum absolute atomic E-state index is 10.3. The van der Waals surface area contributed by atoms with Crippen LogP contribution in [0, 0.1) is 0 Å². The van der Waals surface area contributed by atoms with Gasteiger partial charge in [0.2, 0.25) is 0 Å². The maximum atomic E-state index is 10.3. The molecule has 106 valence electrons. The van der Waals surface area contributed by atoms with E-state index in [1.165, 1.54) is 14.2 Å². The van der Waals surface area contributed by atoms with Gasteiger partial charge in [-0.05, 0) is 0 Å². The van der Waals surface area contributed by atoms with Crippen LogP contribution < -0.4 is 0 Å². The highest BCUT2D eigenvalue weighted by atomic mass is 16.7. The summed E-state index contributed by atoms with van der Waals surface area (Å²) in [5.41, 5.74) is 0. The fraction of sp³-hybridized carbons (Fsp3) is 0.900. The second-order valence-electron chi connectivity index (χ2n) is 3.87. The van der Waals surface area contributed by atoms with Gasteiger partial charge in [0.05, 0.1) is 6.61 Å². The minimum absolute atomic E-state index is 0.0888. The van der Waals surface area contributed by atoms with Gasteiger partial charge >= 0.3 is 5.97 Å². The maximum Gasteiger partial charge on any atom is 0.329 e. The Morgan fingerprint density at radius 1 is 1.22 bits per heavy atom. The van der Waals surface area contributed by atoms with E-state index >= 15 is 0 Å². The molecule has 2 unspecified atom stereocenters. The van der Waals surface area contributed by atoms with Crippen LogP contribution >= 0.6 is 0 Å². The van der Waals surface area contributed by atoms with Gasteiger partial charge in [-0.15, -0.1) is 0 Å². The van der Waals surface area contributed by atoms with Crippen LogP contribution in [0.5, 0.6) is 0 Å². The van der Waals surface area contributed by atoms with E-state index in [0.717, 1.165) is 0 Å². The number of aliphatic hydroxyl groups excluding tert-OH is 2. The summed E-state index contributed by atoms with van der Waals surface area (Å²) in [6.45, 7) is -0.568. The van der Waals surface area contributed by atoms with Gasteiger partial charge < -0.3 is 34.3 Å². The Morgan fingerprint density at radius 3 is 2.39 bits per heavy atom. The van der Waals surface area contributed by atoms with Crippen molar-refractivity contribution in [2.24, 2.45) is 0 Å². The summed E-state index contributed by atoms with van der Waals surface area (Å²) in [6, 6.07) is 0. The minimum Gasteiger partial charge on any atom is -0.480 e. The average molecular weight is 266 g/mol. The standard InChI is InChI=1S/C10H18O8/c1-15-9-5(3-17-4-6(11)12)18-10(16-2)8(14)7(9)13/h5,7-10,13-14H,3-4H2,1-2H3,(H,11,12)/t5?,7-,8?,9+,10-/m0/s1. The van der Waals surface area contributed by atoms with Crippen LogP contribution in [-0.2, 0) is 23.7 Å². The van der Waals surface area contributed by atoms with E-state index in [2.05, 4.69) is 0 Å².